The van der Waals surface area contributed by atoms with Gasteiger partial charge in [-0.1, -0.05) is 29.8 Å². The van der Waals surface area contributed by atoms with Gasteiger partial charge in [0.1, 0.15) is 0 Å². The minimum atomic E-state index is -3.44. The molecule has 0 radical (unpaired) electrons. The maximum absolute atomic E-state index is 13.7. The zero-order chi connectivity index (χ0) is 30.3. The molecule has 2 aliphatic rings. The topological polar surface area (TPSA) is 102 Å². The van der Waals surface area contributed by atoms with Crippen LogP contribution in [0.4, 0.5) is 5.69 Å². The number of benzene rings is 2. The van der Waals surface area contributed by atoms with Crippen LogP contribution in [0, 0.1) is 24.2 Å². The molecule has 8 nitrogen and oxygen atoms in total. The number of hydrogen-bond acceptors (Lipinski definition) is 6. The fraction of sp³-hybridized carbons (Fsp3) is 0.469. The van der Waals surface area contributed by atoms with E-state index < -0.39 is 15.1 Å². The first-order valence-corrected chi connectivity index (χ1v) is 16.5. The number of rotatable bonds is 9. The zero-order valence-electron chi connectivity index (χ0n) is 24.3. The number of hydrogen-bond donors (Lipinski definition) is 0. The molecule has 0 aromatic heterocycles. The first-order chi connectivity index (χ1) is 20.1. The summed E-state index contributed by atoms with van der Waals surface area (Å²) in [4.78, 5) is 31.7. The number of sulfone groups is 1. The van der Waals surface area contributed by atoms with E-state index in [9.17, 15) is 18.0 Å². The van der Waals surface area contributed by atoms with E-state index >= 15 is 0 Å². The highest BCUT2D eigenvalue weighted by Gasteiger charge is 2.32. The number of piperidine rings is 2. The highest BCUT2D eigenvalue weighted by molar-refractivity contribution is 7.92. The molecular formula is C32H39ClN4O4S. The van der Waals surface area contributed by atoms with Gasteiger partial charge in [-0.25, -0.2) is 8.42 Å². The fourth-order valence-electron chi connectivity index (χ4n) is 5.77. The summed E-state index contributed by atoms with van der Waals surface area (Å²) in [5.74, 6) is -0.0305. The summed E-state index contributed by atoms with van der Waals surface area (Å²) in [6, 6.07) is 14.3. The third kappa shape index (κ3) is 7.80. The molecule has 10 heteroatoms. The first-order valence-electron chi connectivity index (χ1n) is 14.6. The normalized spacial score (nSPS) is 17.3. The largest absolute Gasteiger partial charge is 0.343 e. The van der Waals surface area contributed by atoms with E-state index in [1.54, 1.807) is 42.2 Å². The van der Waals surface area contributed by atoms with Crippen molar-refractivity contribution < 1.29 is 18.0 Å². The van der Waals surface area contributed by atoms with Crippen molar-refractivity contribution in [2.45, 2.75) is 56.1 Å². The highest BCUT2D eigenvalue weighted by atomic mass is 35.5. The number of amides is 2. The number of anilines is 1. The van der Waals surface area contributed by atoms with E-state index in [2.05, 4.69) is 4.90 Å². The molecule has 2 amide bonds. The third-order valence-corrected chi connectivity index (χ3v) is 11.1. The maximum atomic E-state index is 13.7. The lowest BCUT2D eigenvalue weighted by molar-refractivity contribution is -0.133. The standard InChI is InChI=1S/C32H39ClN4O4S/c1-24-6-9-28(23-31(24)33)37(32(39)27-12-21-36(22-13-27)25(2)38)18-4-17-35-19-14-30(15-20-35)42(40,41)29-10-7-26(8-11-29)5-3-16-34/h3,5-11,23,27,30H,4,12-15,17-22H2,1-2H3/b5-3+. The molecule has 42 heavy (non-hydrogen) atoms. The molecule has 0 N–H and O–H groups in total. The van der Waals surface area contributed by atoms with Crippen LogP contribution in [0.5, 0.6) is 0 Å². The van der Waals surface area contributed by atoms with Gasteiger partial charge in [-0.15, -0.1) is 0 Å². The summed E-state index contributed by atoms with van der Waals surface area (Å²) >= 11 is 6.43. The molecule has 0 aliphatic carbocycles. The van der Waals surface area contributed by atoms with Crippen molar-refractivity contribution in [1.82, 2.24) is 9.80 Å². The second-order valence-electron chi connectivity index (χ2n) is 11.2. The van der Waals surface area contributed by atoms with Crippen LogP contribution < -0.4 is 4.90 Å². The number of halogens is 1. The smallest absolute Gasteiger partial charge is 0.230 e. The lowest BCUT2D eigenvalue weighted by Gasteiger charge is -2.35. The van der Waals surface area contributed by atoms with Crippen molar-refractivity contribution in [2.24, 2.45) is 5.92 Å². The summed E-state index contributed by atoms with van der Waals surface area (Å²) in [7, 11) is -3.44. The molecule has 2 aromatic carbocycles. The van der Waals surface area contributed by atoms with Gasteiger partial charge >= 0.3 is 0 Å². The number of carbonyl (C=O) groups excluding carboxylic acids is 2. The Bertz CT molecular complexity index is 1440. The van der Waals surface area contributed by atoms with Crippen molar-refractivity contribution in [3.63, 3.8) is 0 Å². The Morgan fingerprint density at radius 2 is 1.71 bits per heavy atom. The van der Waals surface area contributed by atoms with Crippen LogP contribution in [0.2, 0.25) is 5.02 Å². The Kier molecular flexibility index (Phi) is 10.8. The van der Waals surface area contributed by atoms with E-state index in [0.29, 0.717) is 68.3 Å². The molecule has 2 aromatic rings. The number of allylic oxidation sites excluding steroid dienone is 1. The van der Waals surface area contributed by atoms with Gasteiger partial charge in [0.25, 0.3) is 0 Å². The zero-order valence-corrected chi connectivity index (χ0v) is 25.9. The second kappa shape index (κ2) is 14.3. The van der Waals surface area contributed by atoms with Crippen molar-refractivity contribution in [1.29, 1.82) is 5.26 Å². The Morgan fingerprint density at radius 3 is 2.31 bits per heavy atom. The second-order valence-corrected chi connectivity index (χ2v) is 13.8. The van der Waals surface area contributed by atoms with Crippen LogP contribution in [0.25, 0.3) is 6.08 Å². The summed E-state index contributed by atoms with van der Waals surface area (Å²) in [6.45, 7) is 7.34. The minimum absolute atomic E-state index is 0.0435. The van der Waals surface area contributed by atoms with Gasteiger partial charge in [-0.2, -0.15) is 5.26 Å². The van der Waals surface area contributed by atoms with Gasteiger partial charge in [-0.3, -0.25) is 9.59 Å². The van der Waals surface area contributed by atoms with Crippen molar-refractivity contribution in [2.75, 3.05) is 44.2 Å². The van der Waals surface area contributed by atoms with Crippen LogP contribution >= 0.6 is 11.6 Å². The average molecular weight is 611 g/mol. The Balaban J connectivity index is 1.34. The molecular weight excluding hydrogens is 572 g/mol. The Morgan fingerprint density at radius 1 is 1.05 bits per heavy atom. The molecule has 0 bridgehead atoms. The number of nitriles is 1. The molecule has 0 atom stereocenters. The van der Waals surface area contributed by atoms with Gasteiger partial charge < -0.3 is 14.7 Å². The molecule has 2 fully saturated rings. The average Bonchev–Trinajstić information content (AvgIpc) is 3.00. The molecule has 4 rings (SSSR count). The van der Waals surface area contributed by atoms with Crippen LogP contribution in [0.15, 0.2) is 53.4 Å². The van der Waals surface area contributed by atoms with Gasteiger partial charge in [0, 0.05) is 49.3 Å². The number of likely N-dealkylation sites (tertiary alicyclic amines) is 2. The number of nitrogens with zero attached hydrogens (tertiary/aromatic N) is 4. The summed E-state index contributed by atoms with van der Waals surface area (Å²) < 4.78 is 26.5. The monoisotopic (exact) mass is 610 g/mol. The van der Waals surface area contributed by atoms with Crippen LogP contribution in [0.1, 0.15) is 50.2 Å². The predicted molar refractivity (Wildman–Crippen MR) is 166 cm³/mol. The van der Waals surface area contributed by atoms with E-state index in [4.69, 9.17) is 16.9 Å². The molecule has 0 saturated carbocycles. The Labute approximate surface area is 254 Å². The van der Waals surface area contributed by atoms with Gasteiger partial charge in [-0.05, 0) is 100 Å². The van der Waals surface area contributed by atoms with E-state index in [1.165, 1.54) is 6.08 Å². The predicted octanol–water partition coefficient (Wildman–Crippen LogP) is 5.11. The Hall–Kier alpha value is -3.19. The van der Waals surface area contributed by atoms with Crippen molar-refractivity contribution in [3.8, 4) is 6.07 Å². The molecule has 0 unspecified atom stereocenters. The quantitative estimate of drug-likeness (QED) is 0.366. The molecule has 2 aliphatic heterocycles. The third-order valence-electron chi connectivity index (χ3n) is 8.41. The molecule has 0 spiro atoms. The number of carbonyl (C=O) groups is 2. The lowest BCUT2D eigenvalue weighted by atomic mass is 9.94. The number of aryl methyl sites for hydroxylation is 1. The van der Waals surface area contributed by atoms with Crippen LogP contribution in [-0.2, 0) is 19.4 Å². The van der Waals surface area contributed by atoms with Crippen molar-refractivity contribution in [3.05, 3.63) is 64.7 Å². The van der Waals surface area contributed by atoms with Crippen LogP contribution in [-0.4, -0.2) is 74.6 Å². The van der Waals surface area contributed by atoms with E-state index in [0.717, 1.165) is 29.8 Å². The SMILES string of the molecule is CC(=O)N1CCC(C(=O)N(CCCN2CCC(S(=O)(=O)c3ccc(/C=C/C#N)cc3)CC2)c2ccc(C)c(Cl)c2)CC1. The lowest BCUT2D eigenvalue weighted by Crippen LogP contribution is -2.45. The van der Waals surface area contributed by atoms with Gasteiger partial charge in [0.2, 0.25) is 11.8 Å². The van der Waals surface area contributed by atoms with E-state index in [1.807, 2.05) is 36.1 Å². The summed E-state index contributed by atoms with van der Waals surface area (Å²) in [5.41, 5.74) is 2.52. The fourth-order valence-corrected chi connectivity index (χ4v) is 7.67. The van der Waals surface area contributed by atoms with Gasteiger partial charge in [0.05, 0.1) is 16.2 Å². The van der Waals surface area contributed by atoms with E-state index in [-0.39, 0.29) is 17.7 Å². The van der Waals surface area contributed by atoms with Crippen molar-refractivity contribution >= 4 is 45.0 Å². The molecule has 2 saturated heterocycles. The van der Waals surface area contributed by atoms with Crippen LogP contribution in [0.3, 0.4) is 0 Å². The molecule has 224 valence electrons. The maximum Gasteiger partial charge on any atom is 0.230 e. The summed E-state index contributed by atoms with van der Waals surface area (Å²) in [5, 5.41) is 8.88. The van der Waals surface area contributed by atoms with Gasteiger partial charge in [0.15, 0.2) is 9.84 Å². The summed E-state index contributed by atoms with van der Waals surface area (Å²) in [6.07, 6.45) is 6.18. The highest BCUT2D eigenvalue weighted by Crippen LogP contribution is 2.29. The molecule has 2 heterocycles. The first kappa shape index (κ1) is 31.7. The minimum Gasteiger partial charge on any atom is -0.343 e.